The fraction of sp³-hybridized carbons (Fsp3) is 0.538. The molecule has 1 nitrogen and oxygen atoms in total. The lowest BCUT2D eigenvalue weighted by atomic mass is 9.99. The summed E-state index contributed by atoms with van der Waals surface area (Å²) in [5.74, 6) is 0.932. The highest BCUT2D eigenvalue weighted by molar-refractivity contribution is 5.14. The highest BCUT2D eigenvalue weighted by Crippen LogP contribution is 2.17. The maximum Gasteiger partial charge on any atom is 0.0233 e. The van der Waals surface area contributed by atoms with Crippen LogP contribution in [0.25, 0.3) is 0 Å². The second-order valence-corrected chi connectivity index (χ2v) is 4.44. The number of rotatable bonds is 2. The minimum atomic E-state index is 0.932. The molecule has 76 valence electrons. The third kappa shape index (κ3) is 2.58. The van der Waals surface area contributed by atoms with Crippen molar-refractivity contribution in [3.05, 3.63) is 35.9 Å². The molecule has 0 radical (unpaired) electrons. The predicted octanol–water partition coefficient (Wildman–Crippen LogP) is 2.92. The van der Waals surface area contributed by atoms with E-state index in [9.17, 15) is 0 Å². The van der Waals surface area contributed by atoms with Crippen molar-refractivity contribution in [2.24, 2.45) is 5.92 Å². The predicted molar refractivity (Wildman–Crippen MR) is 60.1 cm³/mol. The molecule has 2 rings (SSSR count). The van der Waals surface area contributed by atoms with Gasteiger partial charge in [-0.25, -0.2) is 0 Å². The molecular weight excluding hydrogens is 170 g/mol. The molecule has 0 spiro atoms. The normalized spacial score (nSPS) is 19.8. The Bertz CT molecular complexity index is 260. The number of piperidine rings is 1. The van der Waals surface area contributed by atoms with Gasteiger partial charge in [-0.2, -0.15) is 0 Å². The van der Waals surface area contributed by atoms with Crippen LogP contribution in [0.4, 0.5) is 0 Å². The van der Waals surface area contributed by atoms with Crippen molar-refractivity contribution in [3.8, 4) is 0 Å². The quantitative estimate of drug-likeness (QED) is 0.691. The Morgan fingerprint density at radius 2 is 1.79 bits per heavy atom. The first-order valence-corrected chi connectivity index (χ1v) is 5.61. The minimum Gasteiger partial charge on any atom is -0.299 e. The molecule has 0 aromatic heterocycles. The summed E-state index contributed by atoms with van der Waals surface area (Å²) in [5, 5.41) is 0. The molecule has 0 aliphatic carbocycles. The summed E-state index contributed by atoms with van der Waals surface area (Å²) in [6, 6.07) is 10.8. The Kier molecular flexibility index (Phi) is 3.20. The second-order valence-electron chi connectivity index (χ2n) is 4.44. The van der Waals surface area contributed by atoms with Crippen LogP contribution in [0.2, 0.25) is 0 Å². The number of hydrogen-bond donors (Lipinski definition) is 0. The molecular formula is C13H19N. The average Bonchev–Trinajstić information content (AvgIpc) is 2.23. The molecule has 1 aliphatic heterocycles. The smallest absolute Gasteiger partial charge is 0.0233 e. The fourth-order valence-corrected chi connectivity index (χ4v) is 2.06. The number of hydrogen-bond acceptors (Lipinski definition) is 1. The first-order valence-electron chi connectivity index (χ1n) is 5.61. The highest BCUT2D eigenvalue weighted by Gasteiger charge is 2.15. The van der Waals surface area contributed by atoms with E-state index in [1.165, 1.54) is 31.5 Å². The second kappa shape index (κ2) is 4.61. The summed E-state index contributed by atoms with van der Waals surface area (Å²) in [4.78, 5) is 2.56. The van der Waals surface area contributed by atoms with E-state index in [1.54, 1.807) is 0 Å². The van der Waals surface area contributed by atoms with E-state index in [2.05, 4.69) is 42.2 Å². The van der Waals surface area contributed by atoms with Gasteiger partial charge >= 0.3 is 0 Å². The Hall–Kier alpha value is -0.820. The van der Waals surface area contributed by atoms with E-state index in [0.29, 0.717) is 0 Å². The lowest BCUT2D eigenvalue weighted by Crippen LogP contribution is -2.32. The van der Waals surface area contributed by atoms with Gasteiger partial charge < -0.3 is 0 Å². The maximum atomic E-state index is 2.56. The van der Waals surface area contributed by atoms with Gasteiger partial charge in [0.2, 0.25) is 0 Å². The molecule has 1 aromatic rings. The number of nitrogens with zero attached hydrogens (tertiary/aromatic N) is 1. The minimum absolute atomic E-state index is 0.932. The van der Waals surface area contributed by atoms with Crippen LogP contribution in [-0.2, 0) is 6.54 Å². The number of likely N-dealkylation sites (tertiary alicyclic amines) is 1. The van der Waals surface area contributed by atoms with Gasteiger partial charge in [0.15, 0.2) is 0 Å². The van der Waals surface area contributed by atoms with Crippen molar-refractivity contribution in [3.63, 3.8) is 0 Å². The van der Waals surface area contributed by atoms with Gasteiger partial charge in [0.1, 0.15) is 0 Å². The van der Waals surface area contributed by atoms with Crippen molar-refractivity contribution in [1.29, 1.82) is 0 Å². The summed E-state index contributed by atoms with van der Waals surface area (Å²) in [6.45, 7) is 6.04. The van der Waals surface area contributed by atoms with Gasteiger partial charge in [-0.3, -0.25) is 4.90 Å². The van der Waals surface area contributed by atoms with Crippen LogP contribution in [0.15, 0.2) is 30.3 Å². The highest BCUT2D eigenvalue weighted by atomic mass is 15.1. The van der Waals surface area contributed by atoms with Crippen molar-refractivity contribution in [1.82, 2.24) is 4.90 Å². The van der Waals surface area contributed by atoms with Crippen LogP contribution >= 0.6 is 0 Å². The van der Waals surface area contributed by atoms with Crippen LogP contribution in [0.1, 0.15) is 25.3 Å². The molecule has 0 amide bonds. The third-order valence-corrected chi connectivity index (χ3v) is 3.13. The molecule has 0 atom stereocenters. The van der Waals surface area contributed by atoms with Crippen LogP contribution in [0.3, 0.4) is 0 Å². The Morgan fingerprint density at radius 1 is 1.14 bits per heavy atom. The molecule has 1 saturated heterocycles. The van der Waals surface area contributed by atoms with Crippen LogP contribution < -0.4 is 0 Å². The average molecular weight is 189 g/mol. The van der Waals surface area contributed by atoms with Crippen LogP contribution in [0.5, 0.6) is 0 Å². The van der Waals surface area contributed by atoms with E-state index in [4.69, 9.17) is 0 Å². The van der Waals surface area contributed by atoms with Crippen molar-refractivity contribution in [2.75, 3.05) is 13.1 Å². The molecule has 0 unspecified atom stereocenters. The van der Waals surface area contributed by atoms with E-state index < -0.39 is 0 Å². The zero-order chi connectivity index (χ0) is 9.80. The first kappa shape index (κ1) is 9.72. The Morgan fingerprint density at radius 3 is 2.43 bits per heavy atom. The van der Waals surface area contributed by atoms with Crippen molar-refractivity contribution >= 4 is 0 Å². The Balaban J connectivity index is 1.87. The number of benzene rings is 1. The lowest BCUT2D eigenvalue weighted by molar-refractivity contribution is 0.185. The van der Waals surface area contributed by atoms with Gasteiger partial charge in [-0.1, -0.05) is 37.3 Å². The monoisotopic (exact) mass is 189 g/mol. The standard InChI is InChI=1S/C13H19N/c1-12-7-9-14(10-8-12)11-13-5-3-2-4-6-13/h2-6,12H,7-11H2,1H3. The molecule has 0 bridgehead atoms. The molecule has 0 N–H and O–H groups in total. The van der Waals surface area contributed by atoms with E-state index in [1.807, 2.05) is 0 Å². The summed E-state index contributed by atoms with van der Waals surface area (Å²) in [6.07, 6.45) is 2.74. The fourth-order valence-electron chi connectivity index (χ4n) is 2.06. The first-order chi connectivity index (χ1) is 6.84. The van der Waals surface area contributed by atoms with E-state index >= 15 is 0 Å². The molecule has 1 aromatic carbocycles. The lowest BCUT2D eigenvalue weighted by Gasteiger charge is -2.30. The molecule has 14 heavy (non-hydrogen) atoms. The third-order valence-electron chi connectivity index (χ3n) is 3.13. The largest absolute Gasteiger partial charge is 0.299 e. The van der Waals surface area contributed by atoms with Gasteiger partial charge in [-0.05, 0) is 37.4 Å². The SMILES string of the molecule is CC1CCN(Cc2ccccc2)CC1. The van der Waals surface area contributed by atoms with Crippen LogP contribution in [0, 0.1) is 5.92 Å². The topological polar surface area (TPSA) is 3.24 Å². The molecule has 0 saturated carbocycles. The van der Waals surface area contributed by atoms with Crippen molar-refractivity contribution < 1.29 is 0 Å². The molecule has 1 heterocycles. The maximum absolute atomic E-state index is 2.56. The summed E-state index contributed by atoms with van der Waals surface area (Å²) >= 11 is 0. The van der Waals surface area contributed by atoms with Gasteiger partial charge in [0, 0.05) is 6.54 Å². The molecule has 1 fully saturated rings. The summed E-state index contributed by atoms with van der Waals surface area (Å²) in [7, 11) is 0. The van der Waals surface area contributed by atoms with Crippen molar-refractivity contribution in [2.45, 2.75) is 26.3 Å². The van der Waals surface area contributed by atoms with Gasteiger partial charge in [-0.15, -0.1) is 0 Å². The van der Waals surface area contributed by atoms with E-state index in [-0.39, 0.29) is 0 Å². The van der Waals surface area contributed by atoms with Crippen LogP contribution in [-0.4, -0.2) is 18.0 Å². The zero-order valence-electron chi connectivity index (χ0n) is 8.95. The zero-order valence-corrected chi connectivity index (χ0v) is 8.95. The molecule has 1 aliphatic rings. The van der Waals surface area contributed by atoms with E-state index in [0.717, 1.165) is 12.5 Å². The Labute approximate surface area is 86.7 Å². The van der Waals surface area contributed by atoms with Gasteiger partial charge in [0.25, 0.3) is 0 Å². The van der Waals surface area contributed by atoms with Gasteiger partial charge in [0.05, 0.1) is 0 Å². The summed E-state index contributed by atoms with van der Waals surface area (Å²) < 4.78 is 0. The summed E-state index contributed by atoms with van der Waals surface area (Å²) in [5.41, 5.74) is 1.45. The molecule has 1 heteroatoms.